The first-order valence-electron chi connectivity index (χ1n) is 11.8. The molecule has 0 spiro atoms. The van der Waals surface area contributed by atoms with Gasteiger partial charge < -0.3 is 14.6 Å². The molecule has 1 aliphatic heterocycles. The fourth-order valence-corrected chi connectivity index (χ4v) is 4.39. The summed E-state index contributed by atoms with van der Waals surface area (Å²) in [6, 6.07) is 31.4. The number of β-amino-alcohol motifs (C(OH)–C–C–N with tert-alkyl or cyclic N) is 1. The summed E-state index contributed by atoms with van der Waals surface area (Å²) in [5, 5.41) is 10.4. The first kappa shape index (κ1) is 23.5. The lowest BCUT2D eigenvalue weighted by Crippen LogP contribution is -2.50. The summed E-state index contributed by atoms with van der Waals surface area (Å²) in [4.78, 5) is 4.88. The Labute approximate surface area is 197 Å². The molecule has 1 atom stereocenters. The number of nitrogens with zero attached hydrogens (tertiary/aromatic N) is 2. The Balaban J connectivity index is 1.21. The first-order valence-corrected chi connectivity index (χ1v) is 11.8. The highest BCUT2D eigenvalue weighted by molar-refractivity contribution is 5.32. The maximum Gasteiger partial charge on any atom is 0.119 e. The van der Waals surface area contributed by atoms with Gasteiger partial charge in [-0.1, -0.05) is 78.9 Å². The van der Waals surface area contributed by atoms with E-state index in [9.17, 15) is 5.11 Å². The topological polar surface area (TPSA) is 45.2 Å². The molecule has 0 radical (unpaired) electrons. The van der Waals surface area contributed by atoms with Crippen molar-refractivity contribution in [3.63, 3.8) is 0 Å². The second-order valence-corrected chi connectivity index (χ2v) is 8.45. The Bertz CT molecular complexity index is 876. The number of ether oxygens (including phenoxy) is 2. The number of benzene rings is 3. The molecule has 1 heterocycles. The molecule has 1 N–H and O–H groups in total. The van der Waals surface area contributed by atoms with Crippen LogP contribution < -0.4 is 4.74 Å². The van der Waals surface area contributed by atoms with E-state index in [2.05, 4.69) is 70.5 Å². The van der Waals surface area contributed by atoms with Gasteiger partial charge in [-0.25, -0.2) is 0 Å². The lowest BCUT2D eigenvalue weighted by molar-refractivity contribution is -0.00190. The third kappa shape index (κ3) is 7.14. The molecule has 3 aromatic carbocycles. The molecule has 1 saturated heterocycles. The predicted molar refractivity (Wildman–Crippen MR) is 132 cm³/mol. The summed E-state index contributed by atoms with van der Waals surface area (Å²) < 4.78 is 11.2. The molecular formula is C28H34N2O3. The molecule has 1 fully saturated rings. The van der Waals surface area contributed by atoms with Gasteiger partial charge in [-0.15, -0.1) is 0 Å². The summed E-state index contributed by atoms with van der Waals surface area (Å²) in [6.07, 6.45) is -0.493. The van der Waals surface area contributed by atoms with Crippen LogP contribution in [0.25, 0.3) is 0 Å². The lowest BCUT2D eigenvalue weighted by atomic mass is 9.96. The van der Waals surface area contributed by atoms with E-state index in [1.165, 1.54) is 11.1 Å². The number of hydrogen-bond acceptors (Lipinski definition) is 5. The van der Waals surface area contributed by atoms with Crippen molar-refractivity contribution < 1.29 is 14.6 Å². The summed E-state index contributed by atoms with van der Waals surface area (Å²) in [5.74, 6) is 0.837. The second kappa shape index (κ2) is 12.5. The highest BCUT2D eigenvalue weighted by Gasteiger charge is 2.27. The summed E-state index contributed by atoms with van der Waals surface area (Å²) in [5.41, 5.74) is 2.65. The molecule has 0 bridgehead atoms. The van der Waals surface area contributed by atoms with E-state index in [-0.39, 0.29) is 6.04 Å². The van der Waals surface area contributed by atoms with Crippen LogP contribution in [0.5, 0.6) is 5.75 Å². The Hall–Kier alpha value is -2.70. The Kier molecular flexibility index (Phi) is 8.90. The number of rotatable bonds is 11. The maximum atomic E-state index is 10.4. The van der Waals surface area contributed by atoms with E-state index < -0.39 is 6.10 Å². The molecule has 5 nitrogen and oxygen atoms in total. The van der Waals surface area contributed by atoms with E-state index in [1.54, 1.807) is 0 Å². The Morgan fingerprint density at radius 2 is 1.24 bits per heavy atom. The third-order valence-corrected chi connectivity index (χ3v) is 6.02. The van der Waals surface area contributed by atoms with E-state index >= 15 is 0 Å². The van der Waals surface area contributed by atoms with Crippen LogP contribution in [-0.2, 0) is 4.74 Å². The minimum atomic E-state index is -0.493. The van der Waals surface area contributed by atoms with Crippen LogP contribution in [0.15, 0.2) is 91.0 Å². The number of aliphatic hydroxyl groups excluding tert-OH is 1. The van der Waals surface area contributed by atoms with Gasteiger partial charge in [-0.3, -0.25) is 9.80 Å². The van der Waals surface area contributed by atoms with Gasteiger partial charge in [0.05, 0.1) is 25.4 Å². The van der Waals surface area contributed by atoms with Gasteiger partial charge in [0.1, 0.15) is 12.4 Å². The van der Waals surface area contributed by atoms with Gasteiger partial charge in [-0.2, -0.15) is 0 Å². The smallest absolute Gasteiger partial charge is 0.119 e. The van der Waals surface area contributed by atoms with Crippen molar-refractivity contribution in [2.75, 3.05) is 52.5 Å². The highest BCUT2D eigenvalue weighted by atomic mass is 16.5. The van der Waals surface area contributed by atoms with Gasteiger partial charge in [0, 0.05) is 32.7 Å². The zero-order valence-electron chi connectivity index (χ0n) is 19.1. The molecule has 4 rings (SSSR count). The lowest BCUT2D eigenvalue weighted by Gasteiger charge is -2.40. The highest BCUT2D eigenvalue weighted by Crippen LogP contribution is 2.29. The minimum absolute atomic E-state index is 0.257. The van der Waals surface area contributed by atoms with Crippen molar-refractivity contribution in [3.05, 3.63) is 102 Å². The molecule has 0 unspecified atom stereocenters. The van der Waals surface area contributed by atoms with Crippen molar-refractivity contribution >= 4 is 0 Å². The standard InChI is InChI=1S/C28H34N2O3/c31-26(23-32-20-21-33-27-14-8-3-9-15-27)22-29-16-18-30(19-17-29)28(24-10-4-1-5-11-24)25-12-6-2-7-13-25/h1-15,26,28,31H,16-23H2/t26-/m1/s1. The molecule has 3 aromatic rings. The predicted octanol–water partition coefficient (Wildman–Crippen LogP) is 3.85. The molecular weight excluding hydrogens is 412 g/mol. The normalized spacial score (nSPS) is 16.1. The van der Waals surface area contributed by atoms with Crippen molar-refractivity contribution in [2.24, 2.45) is 0 Å². The van der Waals surface area contributed by atoms with Gasteiger partial charge in [-0.05, 0) is 23.3 Å². The molecule has 0 aliphatic carbocycles. The molecule has 33 heavy (non-hydrogen) atoms. The fraction of sp³-hybridized carbons (Fsp3) is 0.357. The summed E-state index contributed by atoms with van der Waals surface area (Å²) >= 11 is 0. The molecule has 0 saturated carbocycles. The van der Waals surface area contributed by atoms with Crippen LogP contribution in [0.3, 0.4) is 0 Å². The zero-order chi connectivity index (χ0) is 22.7. The van der Waals surface area contributed by atoms with E-state index in [4.69, 9.17) is 9.47 Å². The van der Waals surface area contributed by atoms with Crippen molar-refractivity contribution in [1.82, 2.24) is 9.80 Å². The van der Waals surface area contributed by atoms with E-state index in [0.717, 1.165) is 31.9 Å². The van der Waals surface area contributed by atoms with Gasteiger partial charge in [0.2, 0.25) is 0 Å². The van der Waals surface area contributed by atoms with Crippen LogP contribution in [0.2, 0.25) is 0 Å². The average molecular weight is 447 g/mol. The Morgan fingerprint density at radius 1 is 0.697 bits per heavy atom. The Morgan fingerprint density at radius 3 is 1.82 bits per heavy atom. The monoisotopic (exact) mass is 446 g/mol. The SMILES string of the molecule is O[C@@H](COCCOc1ccccc1)CN1CCN(C(c2ccccc2)c2ccccc2)CC1. The average Bonchev–Trinajstić information content (AvgIpc) is 2.87. The molecule has 0 amide bonds. The third-order valence-electron chi connectivity index (χ3n) is 6.02. The number of hydrogen-bond donors (Lipinski definition) is 1. The van der Waals surface area contributed by atoms with Gasteiger partial charge >= 0.3 is 0 Å². The van der Waals surface area contributed by atoms with Crippen molar-refractivity contribution in [1.29, 1.82) is 0 Å². The number of piperazine rings is 1. The molecule has 5 heteroatoms. The van der Waals surface area contributed by atoms with Crippen molar-refractivity contribution in [3.8, 4) is 5.75 Å². The number of aliphatic hydroxyl groups is 1. The van der Waals surface area contributed by atoms with Crippen LogP contribution >= 0.6 is 0 Å². The van der Waals surface area contributed by atoms with Gasteiger partial charge in [0.25, 0.3) is 0 Å². The minimum Gasteiger partial charge on any atom is -0.491 e. The first-order chi connectivity index (χ1) is 16.3. The van der Waals surface area contributed by atoms with E-state index in [1.807, 2.05) is 30.3 Å². The van der Waals surface area contributed by atoms with E-state index in [0.29, 0.717) is 26.4 Å². The number of para-hydroxylation sites is 1. The zero-order valence-corrected chi connectivity index (χ0v) is 19.1. The molecule has 1 aliphatic rings. The van der Waals surface area contributed by atoms with Gasteiger partial charge in [0.15, 0.2) is 0 Å². The van der Waals surface area contributed by atoms with Crippen LogP contribution in [-0.4, -0.2) is 73.6 Å². The molecule has 174 valence electrons. The second-order valence-electron chi connectivity index (χ2n) is 8.45. The molecule has 0 aromatic heterocycles. The van der Waals surface area contributed by atoms with Crippen molar-refractivity contribution in [2.45, 2.75) is 12.1 Å². The maximum absolute atomic E-state index is 10.4. The largest absolute Gasteiger partial charge is 0.491 e. The summed E-state index contributed by atoms with van der Waals surface area (Å²) in [7, 11) is 0. The fourth-order valence-electron chi connectivity index (χ4n) is 4.39. The van der Waals surface area contributed by atoms with Crippen LogP contribution in [0.1, 0.15) is 17.2 Å². The van der Waals surface area contributed by atoms with Crippen LogP contribution in [0.4, 0.5) is 0 Å². The van der Waals surface area contributed by atoms with Crippen LogP contribution in [0, 0.1) is 0 Å². The summed E-state index contributed by atoms with van der Waals surface area (Å²) in [6.45, 7) is 5.71. The quantitative estimate of drug-likeness (QED) is 0.454.